The number of aliphatic hydroxyl groups excluding tert-OH is 1. The van der Waals surface area contributed by atoms with Crippen LogP contribution in [0.25, 0.3) is 22.0 Å². The SMILES string of the molecule is OC1Cc2cc3c(cc2-c2ncc4c5c(ccc4c21)OCO5)OCO3. The van der Waals surface area contributed by atoms with E-state index in [2.05, 4.69) is 4.98 Å². The van der Waals surface area contributed by atoms with E-state index in [1.54, 1.807) is 6.20 Å². The second-order valence-corrected chi connectivity index (χ2v) is 6.36. The van der Waals surface area contributed by atoms with Gasteiger partial charge in [-0.2, -0.15) is 0 Å². The van der Waals surface area contributed by atoms with Crippen molar-refractivity contribution in [1.29, 1.82) is 0 Å². The van der Waals surface area contributed by atoms with E-state index in [-0.39, 0.29) is 13.6 Å². The Kier molecular flexibility index (Phi) is 2.42. The number of fused-ring (bicyclic) bond motifs is 8. The van der Waals surface area contributed by atoms with Crippen LogP contribution in [0.2, 0.25) is 0 Å². The molecule has 2 aromatic carbocycles. The first-order valence-corrected chi connectivity index (χ1v) is 8.12. The Morgan fingerprint density at radius 3 is 2.64 bits per heavy atom. The fourth-order valence-electron chi connectivity index (χ4n) is 3.92. The van der Waals surface area contributed by atoms with E-state index in [1.807, 2.05) is 24.3 Å². The van der Waals surface area contributed by atoms with Gasteiger partial charge in [0.25, 0.3) is 0 Å². The number of hydrogen-bond acceptors (Lipinski definition) is 6. The summed E-state index contributed by atoms with van der Waals surface area (Å²) in [5.41, 5.74) is 3.58. The van der Waals surface area contributed by atoms with Crippen LogP contribution in [0, 0.1) is 0 Å². The molecule has 0 bridgehead atoms. The van der Waals surface area contributed by atoms with Crippen molar-refractivity contribution in [1.82, 2.24) is 4.98 Å². The molecule has 3 heterocycles. The van der Waals surface area contributed by atoms with Crippen molar-refractivity contribution in [3.8, 4) is 34.3 Å². The molecule has 0 saturated carbocycles. The van der Waals surface area contributed by atoms with Gasteiger partial charge in [-0.25, -0.2) is 0 Å². The summed E-state index contributed by atoms with van der Waals surface area (Å²) >= 11 is 0. The monoisotopic (exact) mass is 335 g/mol. The summed E-state index contributed by atoms with van der Waals surface area (Å²) in [4.78, 5) is 4.65. The molecule has 1 atom stereocenters. The lowest BCUT2D eigenvalue weighted by Crippen LogP contribution is -2.12. The van der Waals surface area contributed by atoms with Gasteiger partial charge in [-0.15, -0.1) is 0 Å². The lowest BCUT2D eigenvalue weighted by atomic mass is 9.84. The van der Waals surface area contributed by atoms with Crippen LogP contribution in [0.15, 0.2) is 30.5 Å². The molecule has 25 heavy (non-hydrogen) atoms. The van der Waals surface area contributed by atoms with E-state index in [1.165, 1.54) is 0 Å². The van der Waals surface area contributed by atoms with E-state index >= 15 is 0 Å². The molecule has 6 rings (SSSR count). The molecule has 3 aromatic rings. The van der Waals surface area contributed by atoms with Crippen molar-refractivity contribution in [2.45, 2.75) is 12.5 Å². The molecule has 0 saturated heterocycles. The van der Waals surface area contributed by atoms with Crippen LogP contribution in [-0.4, -0.2) is 23.7 Å². The first-order valence-electron chi connectivity index (χ1n) is 8.12. The van der Waals surface area contributed by atoms with Crippen molar-refractivity contribution in [2.75, 3.05) is 13.6 Å². The van der Waals surface area contributed by atoms with Crippen molar-refractivity contribution in [2.24, 2.45) is 0 Å². The summed E-state index contributed by atoms with van der Waals surface area (Å²) in [5, 5.41) is 12.6. The minimum atomic E-state index is -0.639. The van der Waals surface area contributed by atoms with Crippen molar-refractivity contribution in [3.05, 3.63) is 41.6 Å². The van der Waals surface area contributed by atoms with Gasteiger partial charge in [0.05, 0.1) is 11.8 Å². The fraction of sp³-hybridized carbons (Fsp3) is 0.211. The number of hydrogen-bond donors (Lipinski definition) is 1. The van der Waals surface area contributed by atoms with Gasteiger partial charge in [-0.1, -0.05) is 0 Å². The van der Waals surface area contributed by atoms with Crippen LogP contribution in [0.5, 0.6) is 23.0 Å². The molecule has 1 unspecified atom stereocenters. The van der Waals surface area contributed by atoms with Gasteiger partial charge in [0, 0.05) is 29.1 Å². The van der Waals surface area contributed by atoms with Crippen LogP contribution in [0.1, 0.15) is 17.2 Å². The van der Waals surface area contributed by atoms with Crippen molar-refractivity contribution >= 4 is 10.8 Å². The molecular formula is C19H13NO5. The van der Waals surface area contributed by atoms with Crippen LogP contribution >= 0.6 is 0 Å². The molecule has 1 N–H and O–H groups in total. The highest BCUT2D eigenvalue weighted by Crippen LogP contribution is 2.48. The maximum absolute atomic E-state index is 10.8. The second-order valence-electron chi connectivity index (χ2n) is 6.36. The highest BCUT2D eigenvalue weighted by molar-refractivity contribution is 5.97. The zero-order chi connectivity index (χ0) is 16.5. The van der Waals surface area contributed by atoms with Gasteiger partial charge in [0.2, 0.25) is 13.6 Å². The van der Waals surface area contributed by atoms with Crippen molar-refractivity contribution < 1.29 is 24.1 Å². The Hall–Kier alpha value is -2.99. The summed E-state index contributed by atoms with van der Waals surface area (Å²) in [6.45, 7) is 0.433. The molecule has 6 nitrogen and oxygen atoms in total. The molecule has 6 heteroatoms. The molecule has 124 valence electrons. The smallest absolute Gasteiger partial charge is 0.231 e. The van der Waals surface area contributed by atoms with Crippen LogP contribution in [0.3, 0.4) is 0 Å². The van der Waals surface area contributed by atoms with Gasteiger partial charge < -0.3 is 24.1 Å². The Morgan fingerprint density at radius 2 is 1.72 bits per heavy atom. The average molecular weight is 335 g/mol. The lowest BCUT2D eigenvalue weighted by molar-refractivity contribution is 0.173. The van der Waals surface area contributed by atoms with E-state index in [0.29, 0.717) is 23.7 Å². The minimum Gasteiger partial charge on any atom is -0.454 e. The summed E-state index contributed by atoms with van der Waals surface area (Å²) < 4.78 is 22.0. The average Bonchev–Trinajstić information content (AvgIpc) is 3.28. The minimum absolute atomic E-state index is 0.209. The Morgan fingerprint density at radius 1 is 0.920 bits per heavy atom. The molecule has 1 aromatic heterocycles. The number of pyridine rings is 1. The molecule has 0 amide bonds. The van der Waals surface area contributed by atoms with Gasteiger partial charge in [-0.3, -0.25) is 4.98 Å². The lowest BCUT2D eigenvalue weighted by Gasteiger charge is -2.25. The number of aliphatic hydroxyl groups is 1. The molecular weight excluding hydrogens is 322 g/mol. The third kappa shape index (κ3) is 1.69. The summed E-state index contributed by atoms with van der Waals surface area (Å²) in [5.74, 6) is 2.84. The summed E-state index contributed by atoms with van der Waals surface area (Å²) in [7, 11) is 0. The third-order valence-electron chi connectivity index (χ3n) is 5.05. The first-order chi connectivity index (χ1) is 12.3. The molecule has 3 aliphatic rings. The van der Waals surface area contributed by atoms with Crippen LogP contribution in [-0.2, 0) is 6.42 Å². The normalized spacial score (nSPS) is 19.0. The topological polar surface area (TPSA) is 70.0 Å². The first kappa shape index (κ1) is 13.3. The van der Waals surface area contributed by atoms with E-state index < -0.39 is 6.10 Å². The Bertz CT molecular complexity index is 1060. The fourth-order valence-corrected chi connectivity index (χ4v) is 3.92. The maximum Gasteiger partial charge on any atom is 0.231 e. The predicted octanol–water partition coefficient (Wildman–Crippen LogP) is 2.95. The van der Waals surface area contributed by atoms with Gasteiger partial charge in [-0.05, 0) is 35.2 Å². The van der Waals surface area contributed by atoms with Crippen LogP contribution in [0.4, 0.5) is 0 Å². The summed E-state index contributed by atoms with van der Waals surface area (Å²) in [6, 6.07) is 7.74. The number of nitrogens with zero attached hydrogens (tertiary/aromatic N) is 1. The second kappa shape index (κ2) is 4.55. The van der Waals surface area contributed by atoms with Gasteiger partial charge in [0.1, 0.15) is 0 Å². The molecule has 0 fully saturated rings. The van der Waals surface area contributed by atoms with E-state index in [0.717, 1.165) is 38.9 Å². The van der Waals surface area contributed by atoms with Gasteiger partial charge in [0.15, 0.2) is 23.0 Å². The molecule has 0 spiro atoms. The van der Waals surface area contributed by atoms with Crippen LogP contribution < -0.4 is 18.9 Å². The Labute approximate surface area is 142 Å². The molecule has 1 aliphatic carbocycles. The maximum atomic E-state index is 10.8. The predicted molar refractivity (Wildman–Crippen MR) is 88.1 cm³/mol. The molecule has 0 radical (unpaired) electrons. The third-order valence-corrected chi connectivity index (χ3v) is 5.05. The van der Waals surface area contributed by atoms with E-state index in [4.69, 9.17) is 18.9 Å². The highest BCUT2D eigenvalue weighted by atomic mass is 16.7. The Balaban J connectivity index is 1.66. The summed E-state index contributed by atoms with van der Waals surface area (Å²) in [6.07, 6.45) is 1.65. The van der Waals surface area contributed by atoms with Gasteiger partial charge >= 0.3 is 0 Å². The number of aromatic nitrogens is 1. The standard InChI is InChI=1S/C19H13NO5/c21-13-3-9-4-15-16(24-7-23-15)5-11(9)18-17(13)10-1-2-14-19(25-8-22-14)12(10)6-20-18/h1-2,4-6,13,21H,3,7-8H2. The van der Waals surface area contributed by atoms with E-state index in [9.17, 15) is 5.11 Å². The quantitative estimate of drug-likeness (QED) is 0.681. The highest BCUT2D eigenvalue weighted by Gasteiger charge is 2.30. The molecule has 2 aliphatic heterocycles. The van der Waals surface area contributed by atoms with Crippen molar-refractivity contribution in [3.63, 3.8) is 0 Å². The zero-order valence-electron chi connectivity index (χ0n) is 13.1. The number of rotatable bonds is 0. The number of ether oxygens (including phenoxy) is 4. The number of benzene rings is 2. The largest absolute Gasteiger partial charge is 0.454 e. The zero-order valence-corrected chi connectivity index (χ0v) is 13.1.